The lowest BCUT2D eigenvalue weighted by Gasteiger charge is -2.35. The summed E-state index contributed by atoms with van der Waals surface area (Å²) in [6.07, 6.45) is 0.979. The standard InChI is InChI=1S/C29H27N5O/c1-2-21-9-12-25(13-10-21)31-29(35)34-17-15-33(16-18-34)27-14-11-23-6-4-8-26(28(23)32-27)24-7-3-5-22(19-24)20-30/h3-14,19H,2,15-18H2,1H3,(H,31,35). The van der Waals surface area contributed by atoms with Crippen molar-refractivity contribution in [3.8, 4) is 17.2 Å². The number of fused-ring (bicyclic) bond motifs is 1. The Morgan fingerprint density at radius 3 is 2.49 bits per heavy atom. The Hall–Kier alpha value is -4.37. The molecule has 1 aliphatic rings. The van der Waals surface area contributed by atoms with Crippen molar-refractivity contribution in [3.63, 3.8) is 0 Å². The first kappa shape index (κ1) is 22.4. The van der Waals surface area contributed by atoms with Crippen LogP contribution in [0.25, 0.3) is 22.0 Å². The van der Waals surface area contributed by atoms with Crippen LogP contribution in [0.3, 0.4) is 0 Å². The van der Waals surface area contributed by atoms with Crippen molar-refractivity contribution in [2.24, 2.45) is 0 Å². The Morgan fingerprint density at radius 1 is 0.971 bits per heavy atom. The molecule has 0 bridgehead atoms. The van der Waals surface area contributed by atoms with Crippen LogP contribution in [0.4, 0.5) is 16.3 Å². The van der Waals surface area contributed by atoms with Crippen LogP contribution in [-0.4, -0.2) is 42.1 Å². The average Bonchev–Trinajstić information content (AvgIpc) is 2.93. The Kier molecular flexibility index (Phi) is 6.32. The molecule has 5 rings (SSSR count). The number of nitriles is 1. The van der Waals surface area contributed by atoms with Crippen molar-refractivity contribution in [1.29, 1.82) is 5.26 Å². The quantitative estimate of drug-likeness (QED) is 0.424. The van der Waals surface area contributed by atoms with Crippen molar-refractivity contribution >= 4 is 28.4 Å². The largest absolute Gasteiger partial charge is 0.353 e. The number of carbonyl (C=O) groups excluding carboxylic acids is 1. The van der Waals surface area contributed by atoms with Crippen LogP contribution in [0.2, 0.25) is 0 Å². The molecule has 35 heavy (non-hydrogen) atoms. The maximum absolute atomic E-state index is 12.8. The maximum Gasteiger partial charge on any atom is 0.321 e. The van der Waals surface area contributed by atoms with Crippen LogP contribution < -0.4 is 10.2 Å². The minimum Gasteiger partial charge on any atom is -0.353 e. The van der Waals surface area contributed by atoms with Gasteiger partial charge in [0.05, 0.1) is 17.1 Å². The third kappa shape index (κ3) is 4.80. The summed E-state index contributed by atoms with van der Waals surface area (Å²) in [6.45, 7) is 4.80. The third-order valence-electron chi connectivity index (χ3n) is 6.51. The zero-order chi connectivity index (χ0) is 24.2. The van der Waals surface area contributed by atoms with Crippen molar-refractivity contribution in [2.75, 3.05) is 36.4 Å². The molecule has 1 aliphatic heterocycles. The number of para-hydroxylation sites is 1. The van der Waals surface area contributed by atoms with E-state index in [-0.39, 0.29) is 6.03 Å². The lowest BCUT2D eigenvalue weighted by molar-refractivity contribution is 0.208. The number of aryl methyl sites for hydroxylation is 1. The zero-order valence-corrected chi connectivity index (χ0v) is 19.7. The van der Waals surface area contributed by atoms with Gasteiger partial charge in [-0.05, 0) is 53.9 Å². The van der Waals surface area contributed by atoms with E-state index in [1.807, 2.05) is 71.6 Å². The van der Waals surface area contributed by atoms with Gasteiger partial charge < -0.3 is 15.1 Å². The number of hydrogen-bond donors (Lipinski definition) is 1. The van der Waals surface area contributed by atoms with Gasteiger partial charge in [0.2, 0.25) is 0 Å². The van der Waals surface area contributed by atoms with Gasteiger partial charge in [0, 0.05) is 42.8 Å². The highest BCUT2D eigenvalue weighted by Crippen LogP contribution is 2.30. The lowest BCUT2D eigenvalue weighted by Crippen LogP contribution is -2.50. The highest BCUT2D eigenvalue weighted by Gasteiger charge is 2.22. The SMILES string of the molecule is CCc1ccc(NC(=O)N2CCN(c3ccc4cccc(-c5cccc(C#N)c5)c4n3)CC2)cc1. The number of nitrogens with zero attached hydrogens (tertiary/aromatic N) is 4. The Labute approximate surface area is 205 Å². The normalized spacial score (nSPS) is 13.5. The van der Waals surface area contributed by atoms with Gasteiger partial charge in [-0.3, -0.25) is 0 Å². The van der Waals surface area contributed by atoms with Crippen LogP contribution in [0.1, 0.15) is 18.1 Å². The number of hydrogen-bond acceptors (Lipinski definition) is 4. The molecule has 4 aromatic rings. The summed E-state index contributed by atoms with van der Waals surface area (Å²) in [5.41, 5.74) is 5.60. The molecule has 1 N–H and O–H groups in total. The van der Waals surface area contributed by atoms with Crippen LogP contribution in [0.15, 0.2) is 78.9 Å². The second-order valence-electron chi connectivity index (χ2n) is 8.69. The first-order chi connectivity index (χ1) is 17.1. The first-order valence-corrected chi connectivity index (χ1v) is 11.9. The molecule has 1 aromatic heterocycles. The number of nitrogens with one attached hydrogen (secondary N) is 1. The van der Waals surface area contributed by atoms with Gasteiger partial charge in [0.1, 0.15) is 5.82 Å². The predicted octanol–water partition coefficient (Wildman–Crippen LogP) is 5.69. The van der Waals surface area contributed by atoms with Crippen LogP contribution in [0.5, 0.6) is 0 Å². The molecule has 0 radical (unpaired) electrons. The highest BCUT2D eigenvalue weighted by atomic mass is 16.2. The molecule has 6 heteroatoms. The van der Waals surface area contributed by atoms with E-state index in [4.69, 9.17) is 4.98 Å². The Balaban J connectivity index is 1.31. The maximum atomic E-state index is 12.8. The molecule has 1 saturated heterocycles. The fraction of sp³-hybridized carbons (Fsp3) is 0.207. The summed E-state index contributed by atoms with van der Waals surface area (Å²) in [6, 6.07) is 28.0. The average molecular weight is 462 g/mol. The minimum atomic E-state index is -0.0694. The van der Waals surface area contributed by atoms with Crippen molar-refractivity contribution < 1.29 is 4.79 Å². The molecule has 0 saturated carbocycles. The van der Waals surface area contributed by atoms with E-state index < -0.39 is 0 Å². The topological polar surface area (TPSA) is 72.3 Å². The number of piperazine rings is 1. The second-order valence-corrected chi connectivity index (χ2v) is 8.69. The van der Waals surface area contributed by atoms with Gasteiger partial charge >= 0.3 is 6.03 Å². The molecule has 1 fully saturated rings. The van der Waals surface area contributed by atoms with Crippen molar-refractivity contribution in [2.45, 2.75) is 13.3 Å². The van der Waals surface area contributed by atoms with Gasteiger partial charge in [0.25, 0.3) is 0 Å². The monoisotopic (exact) mass is 461 g/mol. The Morgan fingerprint density at radius 2 is 1.74 bits per heavy atom. The summed E-state index contributed by atoms with van der Waals surface area (Å²) in [5.74, 6) is 0.900. The third-order valence-corrected chi connectivity index (χ3v) is 6.51. The molecule has 2 amide bonds. The summed E-state index contributed by atoms with van der Waals surface area (Å²) in [4.78, 5) is 21.8. The minimum absolute atomic E-state index is 0.0694. The first-order valence-electron chi connectivity index (χ1n) is 11.9. The lowest BCUT2D eigenvalue weighted by atomic mass is 10.0. The number of pyridine rings is 1. The number of benzene rings is 3. The van der Waals surface area contributed by atoms with E-state index in [1.54, 1.807) is 0 Å². The molecular weight excluding hydrogens is 434 g/mol. The van der Waals surface area contributed by atoms with E-state index in [9.17, 15) is 10.1 Å². The Bertz CT molecular complexity index is 1400. The molecule has 2 heterocycles. The summed E-state index contributed by atoms with van der Waals surface area (Å²) in [7, 11) is 0. The van der Waals surface area contributed by atoms with Crippen molar-refractivity contribution in [3.05, 3.63) is 90.0 Å². The van der Waals surface area contributed by atoms with Gasteiger partial charge in [-0.2, -0.15) is 5.26 Å². The smallest absolute Gasteiger partial charge is 0.321 e. The number of urea groups is 1. The molecule has 0 unspecified atom stereocenters. The van der Waals surface area contributed by atoms with E-state index in [0.29, 0.717) is 31.7 Å². The molecule has 6 nitrogen and oxygen atoms in total. The number of carbonyl (C=O) groups is 1. The fourth-order valence-corrected chi connectivity index (χ4v) is 4.47. The molecule has 0 aliphatic carbocycles. The van der Waals surface area contributed by atoms with Crippen molar-refractivity contribution in [1.82, 2.24) is 9.88 Å². The van der Waals surface area contributed by atoms with Crippen LogP contribution in [0, 0.1) is 11.3 Å². The van der Waals surface area contributed by atoms with Gasteiger partial charge in [-0.15, -0.1) is 0 Å². The predicted molar refractivity (Wildman–Crippen MR) is 141 cm³/mol. The number of aromatic nitrogens is 1. The molecule has 3 aromatic carbocycles. The molecule has 0 atom stereocenters. The van der Waals surface area contributed by atoms with Gasteiger partial charge in [0.15, 0.2) is 0 Å². The number of anilines is 2. The summed E-state index contributed by atoms with van der Waals surface area (Å²) in [5, 5.41) is 13.4. The number of rotatable bonds is 4. The fourth-order valence-electron chi connectivity index (χ4n) is 4.47. The van der Waals surface area contributed by atoms with E-state index in [0.717, 1.165) is 40.0 Å². The van der Waals surface area contributed by atoms with Crippen LogP contribution >= 0.6 is 0 Å². The molecule has 174 valence electrons. The van der Waals surface area contributed by atoms with Gasteiger partial charge in [-0.1, -0.05) is 49.4 Å². The highest BCUT2D eigenvalue weighted by molar-refractivity contribution is 5.94. The van der Waals surface area contributed by atoms with E-state index >= 15 is 0 Å². The zero-order valence-electron chi connectivity index (χ0n) is 19.7. The molecule has 0 spiro atoms. The van der Waals surface area contributed by atoms with Crippen LogP contribution in [-0.2, 0) is 6.42 Å². The van der Waals surface area contributed by atoms with E-state index in [2.05, 4.69) is 35.3 Å². The van der Waals surface area contributed by atoms with E-state index in [1.165, 1.54) is 5.56 Å². The molecular formula is C29H27N5O. The number of amides is 2. The summed E-state index contributed by atoms with van der Waals surface area (Å²) < 4.78 is 0. The van der Waals surface area contributed by atoms with Gasteiger partial charge in [-0.25, -0.2) is 9.78 Å². The second kappa shape index (κ2) is 9.86. The summed E-state index contributed by atoms with van der Waals surface area (Å²) >= 11 is 0.